The molecule has 0 heterocycles. The maximum atomic E-state index is 13.5. The number of hydrogen-bond donors (Lipinski definition) is 1. The highest BCUT2D eigenvalue weighted by atomic mass is 32.2. The van der Waals surface area contributed by atoms with E-state index in [0.717, 1.165) is 0 Å². The Morgan fingerprint density at radius 1 is 1.27 bits per heavy atom. The van der Waals surface area contributed by atoms with E-state index in [4.69, 9.17) is 5.73 Å². The summed E-state index contributed by atoms with van der Waals surface area (Å²) in [5.74, 6) is -0.776. The third-order valence-electron chi connectivity index (χ3n) is 1.97. The fraction of sp³-hybridized carbons (Fsp3) is 0.455. The van der Waals surface area contributed by atoms with Gasteiger partial charge in [-0.3, -0.25) is 0 Å². The van der Waals surface area contributed by atoms with Crippen LogP contribution in [-0.2, 0) is 6.42 Å². The van der Waals surface area contributed by atoms with Crippen LogP contribution in [0.1, 0.15) is 19.4 Å². The summed E-state index contributed by atoms with van der Waals surface area (Å²) in [5, 5.41) is 0. The Hall–Kier alpha value is -0.610. The van der Waals surface area contributed by atoms with Crippen molar-refractivity contribution in [3.63, 3.8) is 0 Å². The Bertz CT molecular complexity index is 358. The lowest BCUT2D eigenvalue weighted by atomic mass is 9.96. The molecule has 15 heavy (non-hydrogen) atoms. The molecule has 1 nitrogen and oxygen atoms in total. The maximum absolute atomic E-state index is 13.5. The second-order valence-electron chi connectivity index (χ2n) is 4.24. The second kappa shape index (κ2) is 4.49. The Balaban J connectivity index is 3.05. The van der Waals surface area contributed by atoms with E-state index in [9.17, 15) is 8.78 Å². The third-order valence-corrected chi connectivity index (χ3v) is 2.72. The lowest BCUT2D eigenvalue weighted by molar-refractivity contribution is 0.489. The first kappa shape index (κ1) is 12.5. The number of rotatable bonds is 3. The molecule has 0 bridgehead atoms. The van der Waals surface area contributed by atoms with Crippen LogP contribution >= 0.6 is 11.8 Å². The normalized spacial score (nSPS) is 11.9. The molecule has 1 aromatic rings. The standard InChI is InChI=1S/C11H15F2NS/c1-11(2,14)6-7-4-9(13)10(15-3)5-8(7)12/h4-5H,6,14H2,1-3H3. The topological polar surface area (TPSA) is 26.0 Å². The molecule has 4 heteroatoms. The van der Waals surface area contributed by atoms with Crippen LogP contribution in [0.2, 0.25) is 0 Å². The SMILES string of the molecule is CSc1cc(F)c(CC(C)(C)N)cc1F. The minimum absolute atomic E-state index is 0.324. The van der Waals surface area contributed by atoms with Gasteiger partial charge in [0.05, 0.1) is 0 Å². The fourth-order valence-electron chi connectivity index (χ4n) is 1.35. The number of thioether (sulfide) groups is 1. The van der Waals surface area contributed by atoms with Gasteiger partial charge in [-0.2, -0.15) is 0 Å². The molecule has 0 aliphatic carbocycles. The molecule has 0 aliphatic rings. The maximum Gasteiger partial charge on any atom is 0.137 e. The summed E-state index contributed by atoms with van der Waals surface area (Å²) in [7, 11) is 0. The van der Waals surface area contributed by atoms with Crippen LogP contribution < -0.4 is 5.73 Å². The minimum atomic E-state index is -0.534. The largest absolute Gasteiger partial charge is 0.325 e. The Kier molecular flexibility index (Phi) is 3.73. The molecule has 0 spiro atoms. The van der Waals surface area contributed by atoms with Gasteiger partial charge in [-0.15, -0.1) is 11.8 Å². The zero-order valence-electron chi connectivity index (χ0n) is 9.10. The molecular formula is C11H15F2NS. The van der Waals surface area contributed by atoms with Gasteiger partial charge in [-0.25, -0.2) is 8.78 Å². The highest BCUT2D eigenvalue weighted by Crippen LogP contribution is 2.24. The summed E-state index contributed by atoms with van der Waals surface area (Å²) in [6.45, 7) is 3.57. The van der Waals surface area contributed by atoms with Gasteiger partial charge in [0.15, 0.2) is 0 Å². The molecule has 0 atom stereocenters. The molecule has 0 saturated heterocycles. The van der Waals surface area contributed by atoms with E-state index in [0.29, 0.717) is 16.9 Å². The molecule has 1 aromatic carbocycles. The van der Waals surface area contributed by atoms with Gasteiger partial charge in [-0.1, -0.05) is 0 Å². The molecule has 0 aliphatic heterocycles. The van der Waals surface area contributed by atoms with E-state index in [-0.39, 0.29) is 11.6 Å². The summed E-state index contributed by atoms with van der Waals surface area (Å²) in [6, 6.07) is 2.46. The van der Waals surface area contributed by atoms with Crippen molar-refractivity contribution in [1.82, 2.24) is 0 Å². The van der Waals surface area contributed by atoms with Gasteiger partial charge in [0.25, 0.3) is 0 Å². The molecule has 2 N–H and O–H groups in total. The van der Waals surface area contributed by atoms with Gasteiger partial charge in [0.2, 0.25) is 0 Å². The highest BCUT2D eigenvalue weighted by molar-refractivity contribution is 7.98. The van der Waals surface area contributed by atoms with Crippen LogP contribution in [0, 0.1) is 11.6 Å². The predicted octanol–water partition coefficient (Wildman–Crippen LogP) is 2.97. The highest BCUT2D eigenvalue weighted by Gasteiger charge is 2.16. The lowest BCUT2D eigenvalue weighted by Gasteiger charge is -2.19. The van der Waals surface area contributed by atoms with E-state index >= 15 is 0 Å². The van der Waals surface area contributed by atoms with E-state index < -0.39 is 5.54 Å². The molecule has 0 radical (unpaired) electrons. The number of hydrogen-bond acceptors (Lipinski definition) is 2. The number of benzene rings is 1. The summed E-state index contributed by atoms with van der Waals surface area (Å²) < 4.78 is 26.9. The fourth-order valence-corrected chi connectivity index (χ4v) is 1.83. The lowest BCUT2D eigenvalue weighted by Crippen LogP contribution is -2.34. The number of halogens is 2. The van der Waals surface area contributed by atoms with Crippen LogP contribution in [-0.4, -0.2) is 11.8 Å². The van der Waals surface area contributed by atoms with Crippen LogP contribution in [0.4, 0.5) is 8.78 Å². The van der Waals surface area contributed by atoms with Crippen molar-refractivity contribution in [3.8, 4) is 0 Å². The van der Waals surface area contributed by atoms with Gasteiger partial charge < -0.3 is 5.73 Å². The van der Waals surface area contributed by atoms with Crippen molar-refractivity contribution >= 4 is 11.8 Å². The Morgan fingerprint density at radius 3 is 2.33 bits per heavy atom. The van der Waals surface area contributed by atoms with Gasteiger partial charge in [0.1, 0.15) is 11.6 Å². The molecule has 0 amide bonds. The summed E-state index contributed by atoms with van der Waals surface area (Å²) in [6.07, 6.45) is 2.04. The van der Waals surface area contributed by atoms with Crippen LogP contribution in [0.5, 0.6) is 0 Å². The van der Waals surface area contributed by atoms with Crippen molar-refractivity contribution in [3.05, 3.63) is 29.3 Å². The average molecular weight is 231 g/mol. The van der Waals surface area contributed by atoms with E-state index in [1.54, 1.807) is 20.1 Å². The Labute approximate surface area is 93.1 Å². The van der Waals surface area contributed by atoms with E-state index in [2.05, 4.69) is 0 Å². The molecule has 84 valence electrons. The monoisotopic (exact) mass is 231 g/mol. The molecule has 1 rings (SSSR count). The molecular weight excluding hydrogens is 216 g/mol. The molecule has 0 saturated carbocycles. The smallest absolute Gasteiger partial charge is 0.137 e. The zero-order chi connectivity index (χ0) is 11.6. The summed E-state index contributed by atoms with van der Waals surface area (Å²) in [4.78, 5) is 0.325. The van der Waals surface area contributed by atoms with Crippen LogP contribution in [0.25, 0.3) is 0 Å². The third kappa shape index (κ3) is 3.47. The second-order valence-corrected chi connectivity index (χ2v) is 5.09. The van der Waals surface area contributed by atoms with Crippen LogP contribution in [0.3, 0.4) is 0 Å². The first-order chi connectivity index (χ1) is 6.83. The summed E-state index contributed by atoms with van der Waals surface area (Å²) >= 11 is 1.19. The predicted molar refractivity (Wildman–Crippen MR) is 60.1 cm³/mol. The van der Waals surface area contributed by atoms with Crippen LogP contribution in [0.15, 0.2) is 17.0 Å². The van der Waals surface area contributed by atoms with Crippen molar-refractivity contribution in [2.75, 3.05) is 6.26 Å². The number of nitrogens with two attached hydrogens (primary N) is 1. The van der Waals surface area contributed by atoms with Gasteiger partial charge >= 0.3 is 0 Å². The first-order valence-electron chi connectivity index (χ1n) is 4.64. The Morgan fingerprint density at radius 2 is 1.87 bits per heavy atom. The average Bonchev–Trinajstić information content (AvgIpc) is 2.08. The van der Waals surface area contributed by atoms with Crippen molar-refractivity contribution in [1.29, 1.82) is 0 Å². The van der Waals surface area contributed by atoms with E-state index in [1.165, 1.54) is 23.9 Å². The van der Waals surface area contributed by atoms with Crippen molar-refractivity contribution in [2.24, 2.45) is 5.73 Å². The molecule has 0 unspecified atom stereocenters. The first-order valence-corrected chi connectivity index (χ1v) is 5.87. The minimum Gasteiger partial charge on any atom is -0.325 e. The molecule has 0 fully saturated rings. The van der Waals surface area contributed by atoms with E-state index in [1.807, 2.05) is 0 Å². The van der Waals surface area contributed by atoms with Gasteiger partial charge in [-0.05, 0) is 44.2 Å². The van der Waals surface area contributed by atoms with Crippen molar-refractivity contribution in [2.45, 2.75) is 30.7 Å². The van der Waals surface area contributed by atoms with Gasteiger partial charge in [0, 0.05) is 10.4 Å². The van der Waals surface area contributed by atoms with Crippen molar-refractivity contribution < 1.29 is 8.78 Å². The quantitative estimate of drug-likeness (QED) is 0.809. The molecule has 0 aromatic heterocycles. The summed E-state index contributed by atoms with van der Waals surface area (Å²) in [5.41, 5.74) is 5.56. The zero-order valence-corrected chi connectivity index (χ0v) is 9.92.